The molecule has 1 aliphatic heterocycles. The maximum absolute atomic E-state index is 13.8. The molecule has 0 bridgehead atoms. The summed E-state index contributed by atoms with van der Waals surface area (Å²) in [5.41, 5.74) is 1.28. The van der Waals surface area contributed by atoms with Crippen LogP contribution in [-0.4, -0.2) is 64.7 Å². The normalized spacial score (nSPS) is 19.5. The molecule has 1 atom stereocenters. The van der Waals surface area contributed by atoms with Gasteiger partial charge >= 0.3 is 5.97 Å². The molecule has 2 aromatic rings. The summed E-state index contributed by atoms with van der Waals surface area (Å²) >= 11 is 0. The molecule has 2 fully saturated rings. The minimum Gasteiger partial charge on any atom is -0.481 e. The molecule has 2 aliphatic rings. The van der Waals surface area contributed by atoms with Crippen molar-refractivity contribution in [3.63, 3.8) is 0 Å². The van der Waals surface area contributed by atoms with Crippen LogP contribution in [0, 0.1) is 5.92 Å². The van der Waals surface area contributed by atoms with E-state index in [-0.39, 0.29) is 18.2 Å². The molecule has 6 heteroatoms. The Morgan fingerprint density at radius 3 is 2.06 bits per heavy atom. The first-order valence-corrected chi connectivity index (χ1v) is 12.9. The Kier molecular flexibility index (Phi) is 7.62. The fraction of sp³-hybridized carbons (Fsp3) is 0.517. The number of aliphatic carboxylic acids is 1. The number of carbonyl (C=O) groups is 2. The Morgan fingerprint density at radius 1 is 0.914 bits per heavy atom. The van der Waals surface area contributed by atoms with Gasteiger partial charge in [0.05, 0.1) is 26.6 Å². The first kappa shape index (κ1) is 25.4. The van der Waals surface area contributed by atoms with Gasteiger partial charge in [0.25, 0.3) is 5.91 Å². The number of rotatable bonds is 8. The molecule has 0 aromatic heterocycles. The van der Waals surface area contributed by atoms with E-state index in [0.717, 1.165) is 60.7 Å². The lowest BCUT2D eigenvalue weighted by Gasteiger charge is -2.45. The summed E-state index contributed by atoms with van der Waals surface area (Å²) in [6, 6.07) is 17.8. The molecular formula is C29H39N2O4+. The van der Waals surface area contributed by atoms with E-state index in [4.69, 9.17) is 5.11 Å². The summed E-state index contributed by atoms with van der Waals surface area (Å²) in [4.78, 5) is 26.6. The maximum atomic E-state index is 13.8. The van der Waals surface area contributed by atoms with Crippen LogP contribution in [0.3, 0.4) is 0 Å². The van der Waals surface area contributed by atoms with Gasteiger partial charge in [0.2, 0.25) is 0 Å². The van der Waals surface area contributed by atoms with Crippen molar-refractivity contribution in [1.29, 1.82) is 0 Å². The number of nitrogens with zero attached hydrogens (tertiary/aromatic N) is 2. The van der Waals surface area contributed by atoms with E-state index in [2.05, 4.69) is 14.1 Å². The highest BCUT2D eigenvalue weighted by Crippen LogP contribution is 2.42. The number of carbonyl (C=O) groups excluding carboxylic acids is 1. The average molecular weight is 480 g/mol. The molecular weight excluding hydrogens is 440 g/mol. The van der Waals surface area contributed by atoms with Crippen LogP contribution in [0.25, 0.3) is 0 Å². The summed E-state index contributed by atoms with van der Waals surface area (Å²) in [7, 11) is 4.46. The predicted octanol–water partition coefficient (Wildman–Crippen LogP) is 3.96. The second-order valence-corrected chi connectivity index (χ2v) is 11.0. The van der Waals surface area contributed by atoms with E-state index in [1.807, 2.05) is 59.5 Å². The number of amides is 1. The number of benzene rings is 2. The zero-order valence-corrected chi connectivity index (χ0v) is 21.0. The number of likely N-dealkylation sites (tertiary alicyclic amines) is 1. The summed E-state index contributed by atoms with van der Waals surface area (Å²) < 4.78 is 0.811. The molecule has 35 heavy (non-hydrogen) atoms. The van der Waals surface area contributed by atoms with Gasteiger partial charge < -0.3 is 19.6 Å². The minimum absolute atomic E-state index is 0.0218. The zero-order valence-electron chi connectivity index (χ0n) is 21.0. The van der Waals surface area contributed by atoms with Gasteiger partial charge in [0, 0.05) is 37.4 Å². The largest absolute Gasteiger partial charge is 0.481 e. The lowest BCUT2D eigenvalue weighted by molar-refractivity contribution is -0.929. The third kappa shape index (κ3) is 5.60. The van der Waals surface area contributed by atoms with Crippen molar-refractivity contribution < 1.29 is 24.3 Å². The molecule has 1 aliphatic carbocycles. The van der Waals surface area contributed by atoms with Crippen LogP contribution in [0.2, 0.25) is 0 Å². The van der Waals surface area contributed by atoms with Crippen molar-refractivity contribution in [3.05, 3.63) is 71.3 Å². The second kappa shape index (κ2) is 10.5. The van der Waals surface area contributed by atoms with E-state index in [0.29, 0.717) is 19.1 Å². The Labute approximate surface area is 208 Å². The molecule has 1 amide bonds. The van der Waals surface area contributed by atoms with Crippen molar-refractivity contribution in [2.75, 3.05) is 27.2 Å². The number of carboxylic acid groups (broad SMARTS) is 1. The van der Waals surface area contributed by atoms with Crippen molar-refractivity contribution >= 4 is 11.9 Å². The molecule has 0 radical (unpaired) electrons. The van der Waals surface area contributed by atoms with Gasteiger partial charge in [-0.25, -0.2) is 0 Å². The standard InChI is InChI=1S/C29H38N2O4/c1-31(2,21-23-14-12-22(13-15-23)20-27(32)33)26-16-18-30(19-17-26)28(34)29(35,25-10-6-7-11-25)24-8-4-3-5-9-24/h3-5,8-9,12-15,25-26,35H,6-7,10-11,16-21H2,1-2H3/p+1. The van der Waals surface area contributed by atoms with Crippen LogP contribution in [-0.2, 0) is 28.2 Å². The molecule has 1 saturated heterocycles. The fourth-order valence-corrected chi connectivity index (χ4v) is 6.12. The van der Waals surface area contributed by atoms with Crippen molar-refractivity contribution in [1.82, 2.24) is 4.90 Å². The van der Waals surface area contributed by atoms with Gasteiger partial charge in [-0.2, -0.15) is 0 Å². The highest BCUT2D eigenvalue weighted by Gasteiger charge is 2.49. The number of hydrogen-bond donors (Lipinski definition) is 2. The van der Waals surface area contributed by atoms with Gasteiger partial charge in [0.15, 0.2) is 5.60 Å². The molecule has 4 rings (SSSR count). The quantitative estimate of drug-likeness (QED) is 0.562. The average Bonchev–Trinajstić information content (AvgIpc) is 3.40. The zero-order chi connectivity index (χ0) is 25.1. The molecule has 6 nitrogen and oxygen atoms in total. The van der Waals surface area contributed by atoms with Crippen molar-refractivity contribution in [3.8, 4) is 0 Å². The van der Waals surface area contributed by atoms with Gasteiger partial charge in [-0.1, -0.05) is 67.4 Å². The monoisotopic (exact) mass is 479 g/mol. The summed E-state index contributed by atoms with van der Waals surface area (Å²) in [6.07, 6.45) is 5.75. The SMILES string of the molecule is C[N+](C)(Cc1ccc(CC(=O)O)cc1)C1CCN(C(=O)C(O)(c2ccccc2)C2CCCC2)CC1. The smallest absolute Gasteiger partial charge is 0.307 e. The van der Waals surface area contributed by atoms with E-state index in [9.17, 15) is 14.7 Å². The Hall–Kier alpha value is -2.70. The summed E-state index contributed by atoms with van der Waals surface area (Å²) in [6.45, 7) is 2.16. The first-order valence-electron chi connectivity index (χ1n) is 12.9. The molecule has 2 N–H and O–H groups in total. The van der Waals surface area contributed by atoms with Crippen LogP contribution < -0.4 is 0 Å². The number of carboxylic acids is 1. The molecule has 1 unspecified atom stereocenters. The third-order valence-corrected chi connectivity index (χ3v) is 8.19. The first-order chi connectivity index (χ1) is 16.7. The second-order valence-electron chi connectivity index (χ2n) is 11.0. The Morgan fingerprint density at radius 2 is 1.49 bits per heavy atom. The van der Waals surface area contributed by atoms with E-state index in [1.54, 1.807) is 0 Å². The molecule has 188 valence electrons. The summed E-state index contributed by atoms with van der Waals surface area (Å²) in [5, 5.41) is 20.9. The van der Waals surface area contributed by atoms with Crippen LogP contribution in [0.5, 0.6) is 0 Å². The van der Waals surface area contributed by atoms with Gasteiger partial charge in [-0.15, -0.1) is 0 Å². The maximum Gasteiger partial charge on any atom is 0.307 e. The third-order valence-electron chi connectivity index (χ3n) is 8.19. The lowest BCUT2D eigenvalue weighted by Crippen LogP contribution is -2.57. The lowest BCUT2D eigenvalue weighted by atomic mass is 9.78. The topological polar surface area (TPSA) is 77.8 Å². The highest BCUT2D eigenvalue weighted by atomic mass is 16.4. The molecule has 0 spiro atoms. The molecule has 2 aromatic carbocycles. The fourth-order valence-electron chi connectivity index (χ4n) is 6.12. The molecule has 1 saturated carbocycles. The van der Waals surface area contributed by atoms with Gasteiger partial charge in [-0.05, 0) is 24.0 Å². The molecule has 1 heterocycles. The minimum atomic E-state index is -1.44. The Bertz CT molecular complexity index is 1010. The van der Waals surface area contributed by atoms with Crippen LogP contribution >= 0.6 is 0 Å². The van der Waals surface area contributed by atoms with Crippen LogP contribution in [0.15, 0.2) is 54.6 Å². The van der Waals surface area contributed by atoms with E-state index < -0.39 is 11.6 Å². The highest BCUT2D eigenvalue weighted by molar-refractivity contribution is 5.87. The number of piperidine rings is 1. The van der Waals surface area contributed by atoms with Crippen LogP contribution in [0.1, 0.15) is 55.2 Å². The van der Waals surface area contributed by atoms with Crippen molar-refractivity contribution in [2.24, 2.45) is 5.92 Å². The van der Waals surface area contributed by atoms with E-state index in [1.165, 1.54) is 5.56 Å². The van der Waals surface area contributed by atoms with Gasteiger partial charge in [0.1, 0.15) is 6.54 Å². The summed E-state index contributed by atoms with van der Waals surface area (Å²) in [5.74, 6) is -0.970. The van der Waals surface area contributed by atoms with Crippen molar-refractivity contribution in [2.45, 2.75) is 63.1 Å². The van der Waals surface area contributed by atoms with Gasteiger partial charge in [-0.3, -0.25) is 9.59 Å². The number of aliphatic hydroxyl groups is 1. The van der Waals surface area contributed by atoms with Crippen LogP contribution in [0.4, 0.5) is 0 Å². The predicted molar refractivity (Wildman–Crippen MR) is 135 cm³/mol. The van der Waals surface area contributed by atoms with E-state index >= 15 is 0 Å². The Balaban J connectivity index is 1.41. The number of quaternary nitrogens is 1. The number of hydrogen-bond acceptors (Lipinski definition) is 3.